The Morgan fingerprint density at radius 1 is 1.11 bits per heavy atom. The fourth-order valence-corrected chi connectivity index (χ4v) is 3.08. The molecule has 1 aliphatic rings. The van der Waals surface area contributed by atoms with E-state index >= 15 is 0 Å². The van der Waals surface area contributed by atoms with Gasteiger partial charge in [0.1, 0.15) is 18.1 Å². The summed E-state index contributed by atoms with van der Waals surface area (Å²) in [5, 5.41) is 0. The zero-order valence-corrected chi connectivity index (χ0v) is 16.7. The van der Waals surface area contributed by atoms with E-state index in [9.17, 15) is 8.78 Å². The van der Waals surface area contributed by atoms with Gasteiger partial charge in [0, 0.05) is 6.42 Å². The van der Waals surface area contributed by atoms with Gasteiger partial charge in [0.05, 0.1) is 19.8 Å². The second kappa shape index (κ2) is 10.5. The molecule has 0 radical (unpaired) electrons. The molecule has 2 rings (SSSR count). The summed E-state index contributed by atoms with van der Waals surface area (Å²) in [6.45, 7) is 6.28. The lowest BCUT2D eigenvalue weighted by Gasteiger charge is -2.28. The van der Waals surface area contributed by atoms with Crippen LogP contribution in [-0.2, 0) is 20.8 Å². The van der Waals surface area contributed by atoms with Crippen LogP contribution in [0.1, 0.15) is 63.7 Å². The maximum Gasteiger partial charge on any atom is 0.199 e. The van der Waals surface area contributed by atoms with E-state index in [1.807, 2.05) is 24.3 Å². The molecule has 5 heteroatoms. The van der Waals surface area contributed by atoms with Gasteiger partial charge in [0.15, 0.2) is 11.7 Å². The molecule has 1 heterocycles. The van der Waals surface area contributed by atoms with Crippen molar-refractivity contribution in [2.45, 2.75) is 59.2 Å². The summed E-state index contributed by atoms with van der Waals surface area (Å²) in [6.07, 6.45) is 3.78. The van der Waals surface area contributed by atoms with Gasteiger partial charge >= 0.3 is 0 Å². The fourth-order valence-electron chi connectivity index (χ4n) is 3.08. The first-order chi connectivity index (χ1) is 13.0. The van der Waals surface area contributed by atoms with Crippen LogP contribution in [0.4, 0.5) is 8.78 Å². The molecule has 2 atom stereocenters. The SMILES string of the molecule is CC/C(OCc1ccc(C2CCC(CC)CO2)cc1)=C(F)\C(F)=C(/C)OC. The predicted octanol–water partition coefficient (Wildman–Crippen LogP) is 6.52. The molecule has 0 N–H and O–H groups in total. The molecule has 1 aromatic rings. The summed E-state index contributed by atoms with van der Waals surface area (Å²) in [5.41, 5.74) is 2.04. The van der Waals surface area contributed by atoms with Crippen molar-refractivity contribution in [3.8, 4) is 0 Å². The number of hydrogen-bond acceptors (Lipinski definition) is 3. The van der Waals surface area contributed by atoms with Gasteiger partial charge in [-0.1, -0.05) is 44.5 Å². The molecular formula is C22H30F2O3. The topological polar surface area (TPSA) is 27.7 Å². The normalized spacial score (nSPS) is 22.0. The quantitative estimate of drug-likeness (QED) is 0.379. The highest BCUT2D eigenvalue weighted by Crippen LogP contribution is 2.32. The second-order valence-corrected chi connectivity index (χ2v) is 6.87. The summed E-state index contributed by atoms with van der Waals surface area (Å²) < 4.78 is 44.3. The first-order valence-electron chi connectivity index (χ1n) is 9.62. The van der Waals surface area contributed by atoms with Crippen molar-refractivity contribution in [3.05, 3.63) is 58.6 Å². The van der Waals surface area contributed by atoms with Crippen molar-refractivity contribution in [2.24, 2.45) is 5.92 Å². The Bertz CT molecular complexity index is 657. The van der Waals surface area contributed by atoms with Crippen LogP contribution >= 0.6 is 0 Å². The molecular weight excluding hydrogens is 350 g/mol. The van der Waals surface area contributed by atoms with Crippen LogP contribution in [0, 0.1) is 5.92 Å². The van der Waals surface area contributed by atoms with Crippen LogP contribution in [0.2, 0.25) is 0 Å². The molecule has 0 aliphatic carbocycles. The number of methoxy groups -OCH3 is 1. The zero-order valence-electron chi connectivity index (χ0n) is 16.7. The summed E-state index contributed by atoms with van der Waals surface area (Å²) in [5.74, 6) is -1.49. The second-order valence-electron chi connectivity index (χ2n) is 6.87. The van der Waals surface area contributed by atoms with E-state index < -0.39 is 11.7 Å². The molecule has 0 aromatic heterocycles. The van der Waals surface area contributed by atoms with Crippen molar-refractivity contribution in [1.29, 1.82) is 0 Å². The van der Waals surface area contributed by atoms with E-state index in [1.54, 1.807) is 6.92 Å². The molecule has 1 fully saturated rings. The largest absolute Gasteiger partial charge is 0.498 e. The Labute approximate surface area is 161 Å². The summed E-state index contributed by atoms with van der Waals surface area (Å²) in [7, 11) is 1.30. The maximum atomic E-state index is 14.2. The third-order valence-electron chi connectivity index (χ3n) is 5.09. The molecule has 0 saturated carbocycles. The zero-order chi connectivity index (χ0) is 19.8. The number of allylic oxidation sites excluding steroid dienone is 4. The molecule has 1 aliphatic heterocycles. The highest BCUT2D eigenvalue weighted by atomic mass is 19.2. The Morgan fingerprint density at radius 3 is 2.33 bits per heavy atom. The Morgan fingerprint density at radius 2 is 1.81 bits per heavy atom. The smallest absolute Gasteiger partial charge is 0.199 e. The lowest BCUT2D eigenvalue weighted by atomic mass is 9.93. The van der Waals surface area contributed by atoms with Crippen LogP contribution in [-0.4, -0.2) is 13.7 Å². The van der Waals surface area contributed by atoms with Crippen molar-refractivity contribution in [1.82, 2.24) is 0 Å². The Kier molecular flexibility index (Phi) is 8.29. The van der Waals surface area contributed by atoms with Gasteiger partial charge in [-0.25, -0.2) is 0 Å². The van der Waals surface area contributed by atoms with E-state index in [-0.39, 0.29) is 30.6 Å². The minimum Gasteiger partial charge on any atom is -0.498 e. The minimum absolute atomic E-state index is 0.0193. The Balaban J connectivity index is 1.98. The number of hydrogen-bond donors (Lipinski definition) is 0. The van der Waals surface area contributed by atoms with E-state index in [0.29, 0.717) is 5.92 Å². The molecule has 27 heavy (non-hydrogen) atoms. The molecule has 0 spiro atoms. The first kappa shape index (κ1) is 21.4. The standard InChI is InChI=1S/C22H30F2O3/c1-5-16-9-12-20(27-13-16)18-10-7-17(8-11-18)14-26-19(6-2)22(24)21(23)15(3)25-4/h7-8,10-11,16,20H,5-6,9,12-14H2,1-4H3/b21-15-,22-19-. The summed E-state index contributed by atoms with van der Waals surface area (Å²) in [4.78, 5) is 0. The van der Waals surface area contributed by atoms with Gasteiger partial charge in [0.25, 0.3) is 0 Å². The van der Waals surface area contributed by atoms with Crippen molar-refractivity contribution in [2.75, 3.05) is 13.7 Å². The minimum atomic E-state index is -1.02. The third kappa shape index (κ3) is 5.80. The van der Waals surface area contributed by atoms with Crippen molar-refractivity contribution < 1.29 is 23.0 Å². The summed E-state index contributed by atoms with van der Waals surface area (Å²) in [6, 6.07) is 7.94. The van der Waals surface area contributed by atoms with Crippen molar-refractivity contribution in [3.63, 3.8) is 0 Å². The number of halogens is 2. The average molecular weight is 380 g/mol. The summed E-state index contributed by atoms with van der Waals surface area (Å²) >= 11 is 0. The van der Waals surface area contributed by atoms with Gasteiger partial charge in [-0.2, -0.15) is 8.78 Å². The van der Waals surface area contributed by atoms with Crippen LogP contribution in [0.3, 0.4) is 0 Å². The highest BCUT2D eigenvalue weighted by Gasteiger charge is 2.21. The number of benzene rings is 1. The highest BCUT2D eigenvalue weighted by molar-refractivity contribution is 5.26. The molecule has 1 saturated heterocycles. The lowest BCUT2D eigenvalue weighted by molar-refractivity contribution is -0.0181. The molecule has 2 unspecified atom stereocenters. The molecule has 150 valence electrons. The fraction of sp³-hybridized carbons (Fsp3) is 0.545. The van der Waals surface area contributed by atoms with Gasteiger partial charge in [-0.05, 0) is 36.8 Å². The van der Waals surface area contributed by atoms with Crippen LogP contribution < -0.4 is 0 Å². The third-order valence-corrected chi connectivity index (χ3v) is 5.09. The average Bonchev–Trinajstić information content (AvgIpc) is 2.73. The van der Waals surface area contributed by atoms with Gasteiger partial charge in [-0.15, -0.1) is 0 Å². The van der Waals surface area contributed by atoms with Gasteiger partial charge in [-0.3, -0.25) is 0 Å². The van der Waals surface area contributed by atoms with E-state index in [4.69, 9.17) is 14.2 Å². The van der Waals surface area contributed by atoms with Gasteiger partial charge in [0.2, 0.25) is 0 Å². The van der Waals surface area contributed by atoms with Gasteiger partial charge < -0.3 is 14.2 Å². The molecule has 0 bridgehead atoms. The van der Waals surface area contributed by atoms with Crippen LogP contribution in [0.15, 0.2) is 47.4 Å². The molecule has 3 nitrogen and oxygen atoms in total. The van der Waals surface area contributed by atoms with E-state index in [0.717, 1.165) is 30.6 Å². The predicted molar refractivity (Wildman–Crippen MR) is 102 cm³/mol. The first-order valence-corrected chi connectivity index (χ1v) is 9.62. The van der Waals surface area contributed by atoms with Crippen LogP contribution in [0.5, 0.6) is 0 Å². The molecule has 1 aromatic carbocycles. The van der Waals surface area contributed by atoms with E-state index in [2.05, 4.69) is 6.92 Å². The van der Waals surface area contributed by atoms with E-state index in [1.165, 1.54) is 20.5 Å². The monoisotopic (exact) mass is 380 g/mol. The number of ether oxygens (including phenoxy) is 3. The Hall–Kier alpha value is -1.88. The number of rotatable bonds is 8. The molecule has 0 amide bonds. The van der Waals surface area contributed by atoms with Crippen LogP contribution in [0.25, 0.3) is 0 Å². The maximum absolute atomic E-state index is 14.2. The lowest BCUT2D eigenvalue weighted by Crippen LogP contribution is -2.20. The van der Waals surface area contributed by atoms with Crippen molar-refractivity contribution >= 4 is 0 Å².